The average molecular weight is 214 g/mol. The molecule has 3 heteroatoms. The van der Waals surface area contributed by atoms with Crippen molar-refractivity contribution in [3.8, 4) is 0 Å². The van der Waals surface area contributed by atoms with Crippen LogP contribution in [-0.2, 0) is 4.74 Å². The van der Waals surface area contributed by atoms with Gasteiger partial charge in [-0.1, -0.05) is 0 Å². The molecule has 15 heavy (non-hydrogen) atoms. The SMILES string of the molecule is CC1CC(NCC(C)(C)N(C)C)CCO1. The maximum absolute atomic E-state index is 5.54. The first-order valence-electron chi connectivity index (χ1n) is 5.94. The highest BCUT2D eigenvalue weighted by atomic mass is 16.5. The average Bonchev–Trinajstić information content (AvgIpc) is 2.15. The van der Waals surface area contributed by atoms with Gasteiger partial charge in [0, 0.05) is 24.7 Å². The first-order chi connectivity index (χ1) is 6.92. The van der Waals surface area contributed by atoms with E-state index in [2.05, 4.69) is 45.1 Å². The third-order valence-corrected chi connectivity index (χ3v) is 3.52. The summed E-state index contributed by atoms with van der Waals surface area (Å²) in [5.74, 6) is 0. The van der Waals surface area contributed by atoms with Gasteiger partial charge in [-0.25, -0.2) is 0 Å². The van der Waals surface area contributed by atoms with Gasteiger partial charge in [0.2, 0.25) is 0 Å². The van der Waals surface area contributed by atoms with Crippen LogP contribution >= 0.6 is 0 Å². The molecule has 1 heterocycles. The fraction of sp³-hybridized carbons (Fsp3) is 1.00. The van der Waals surface area contributed by atoms with E-state index in [9.17, 15) is 0 Å². The number of hydrogen-bond donors (Lipinski definition) is 1. The van der Waals surface area contributed by atoms with Crippen molar-refractivity contribution >= 4 is 0 Å². The van der Waals surface area contributed by atoms with E-state index >= 15 is 0 Å². The molecule has 0 aromatic heterocycles. The Morgan fingerprint density at radius 3 is 2.60 bits per heavy atom. The Balaban J connectivity index is 2.30. The van der Waals surface area contributed by atoms with Crippen molar-refractivity contribution in [2.45, 2.75) is 51.3 Å². The van der Waals surface area contributed by atoms with E-state index in [-0.39, 0.29) is 5.54 Å². The van der Waals surface area contributed by atoms with E-state index in [1.165, 1.54) is 0 Å². The van der Waals surface area contributed by atoms with Crippen LogP contribution in [0.1, 0.15) is 33.6 Å². The highest BCUT2D eigenvalue weighted by Crippen LogP contribution is 2.15. The number of nitrogens with zero attached hydrogens (tertiary/aromatic N) is 1. The zero-order chi connectivity index (χ0) is 11.5. The minimum absolute atomic E-state index is 0.224. The van der Waals surface area contributed by atoms with E-state index in [4.69, 9.17) is 4.74 Å². The molecule has 0 aromatic rings. The lowest BCUT2D eigenvalue weighted by Crippen LogP contribution is -2.50. The van der Waals surface area contributed by atoms with Crippen molar-refractivity contribution in [2.75, 3.05) is 27.2 Å². The first-order valence-corrected chi connectivity index (χ1v) is 5.94. The third-order valence-electron chi connectivity index (χ3n) is 3.52. The Labute approximate surface area is 94.2 Å². The summed E-state index contributed by atoms with van der Waals surface area (Å²) in [5.41, 5.74) is 0.224. The van der Waals surface area contributed by atoms with E-state index < -0.39 is 0 Å². The Morgan fingerprint density at radius 2 is 2.07 bits per heavy atom. The third kappa shape index (κ3) is 4.09. The maximum atomic E-state index is 5.54. The molecule has 1 fully saturated rings. The lowest BCUT2D eigenvalue weighted by molar-refractivity contribution is 0.0109. The first kappa shape index (κ1) is 12.9. The van der Waals surface area contributed by atoms with Crippen LogP contribution in [0.2, 0.25) is 0 Å². The molecule has 0 spiro atoms. The molecule has 0 aliphatic carbocycles. The topological polar surface area (TPSA) is 24.5 Å². The molecule has 2 atom stereocenters. The quantitative estimate of drug-likeness (QED) is 0.767. The molecule has 1 rings (SSSR count). The molecule has 1 aliphatic rings. The molecular weight excluding hydrogens is 188 g/mol. The molecule has 0 amide bonds. The van der Waals surface area contributed by atoms with E-state index in [1.807, 2.05) is 0 Å². The zero-order valence-corrected chi connectivity index (χ0v) is 10.8. The highest BCUT2D eigenvalue weighted by molar-refractivity contribution is 4.83. The molecule has 3 nitrogen and oxygen atoms in total. The van der Waals surface area contributed by atoms with Crippen molar-refractivity contribution < 1.29 is 4.74 Å². The lowest BCUT2D eigenvalue weighted by atomic mass is 10.0. The Hall–Kier alpha value is -0.120. The summed E-state index contributed by atoms with van der Waals surface area (Å²) in [6.45, 7) is 8.63. The zero-order valence-electron chi connectivity index (χ0n) is 10.8. The maximum Gasteiger partial charge on any atom is 0.0561 e. The van der Waals surface area contributed by atoms with Gasteiger partial charge in [-0.05, 0) is 47.7 Å². The fourth-order valence-electron chi connectivity index (χ4n) is 1.74. The normalized spacial score (nSPS) is 28.4. The van der Waals surface area contributed by atoms with Gasteiger partial charge in [0.25, 0.3) is 0 Å². The van der Waals surface area contributed by atoms with E-state index in [0.717, 1.165) is 26.0 Å². The second-order valence-corrected chi connectivity index (χ2v) is 5.49. The predicted molar refractivity (Wildman–Crippen MR) is 64.2 cm³/mol. The van der Waals surface area contributed by atoms with Crippen LogP contribution in [0.15, 0.2) is 0 Å². The molecule has 1 N–H and O–H groups in total. The van der Waals surface area contributed by atoms with Gasteiger partial charge in [-0.15, -0.1) is 0 Å². The Morgan fingerprint density at radius 1 is 1.40 bits per heavy atom. The van der Waals surface area contributed by atoms with Crippen LogP contribution in [0.5, 0.6) is 0 Å². The second kappa shape index (κ2) is 5.28. The standard InChI is InChI=1S/C12H26N2O/c1-10-8-11(6-7-15-10)13-9-12(2,3)14(4)5/h10-11,13H,6-9H2,1-5H3. The van der Waals surface area contributed by atoms with Gasteiger partial charge in [0.1, 0.15) is 0 Å². The van der Waals surface area contributed by atoms with Crippen LogP contribution in [0.3, 0.4) is 0 Å². The minimum atomic E-state index is 0.224. The summed E-state index contributed by atoms with van der Waals surface area (Å²) in [7, 11) is 4.27. The molecule has 2 unspecified atom stereocenters. The summed E-state index contributed by atoms with van der Waals surface area (Å²) >= 11 is 0. The lowest BCUT2D eigenvalue weighted by Gasteiger charge is -2.36. The van der Waals surface area contributed by atoms with E-state index in [1.54, 1.807) is 0 Å². The van der Waals surface area contributed by atoms with Crippen molar-refractivity contribution in [3.63, 3.8) is 0 Å². The number of nitrogens with one attached hydrogen (secondary N) is 1. The molecule has 0 bridgehead atoms. The summed E-state index contributed by atoms with van der Waals surface area (Å²) in [6, 6.07) is 0.632. The van der Waals surface area contributed by atoms with Crippen LogP contribution < -0.4 is 5.32 Å². The van der Waals surface area contributed by atoms with Gasteiger partial charge in [-0.2, -0.15) is 0 Å². The molecule has 1 aliphatic heterocycles. The van der Waals surface area contributed by atoms with Crippen LogP contribution in [0.25, 0.3) is 0 Å². The molecular formula is C12H26N2O. The molecule has 0 radical (unpaired) electrons. The van der Waals surface area contributed by atoms with Gasteiger partial charge in [0.15, 0.2) is 0 Å². The van der Waals surface area contributed by atoms with Crippen molar-refractivity contribution in [3.05, 3.63) is 0 Å². The van der Waals surface area contributed by atoms with Crippen molar-refractivity contribution in [1.29, 1.82) is 0 Å². The van der Waals surface area contributed by atoms with Crippen molar-refractivity contribution in [2.24, 2.45) is 0 Å². The summed E-state index contributed by atoms with van der Waals surface area (Å²) in [4.78, 5) is 2.27. The number of rotatable bonds is 4. The van der Waals surface area contributed by atoms with Gasteiger partial charge < -0.3 is 15.0 Å². The number of ether oxygens (including phenoxy) is 1. The van der Waals surface area contributed by atoms with Gasteiger partial charge in [-0.3, -0.25) is 0 Å². The van der Waals surface area contributed by atoms with Crippen molar-refractivity contribution in [1.82, 2.24) is 10.2 Å². The van der Waals surface area contributed by atoms with Gasteiger partial charge >= 0.3 is 0 Å². The number of hydrogen-bond acceptors (Lipinski definition) is 3. The smallest absolute Gasteiger partial charge is 0.0561 e. The minimum Gasteiger partial charge on any atom is -0.378 e. The monoisotopic (exact) mass is 214 g/mol. The van der Waals surface area contributed by atoms with E-state index in [0.29, 0.717) is 12.1 Å². The summed E-state index contributed by atoms with van der Waals surface area (Å²) in [6.07, 6.45) is 2.70. The fourth-order valence-corrected chi connectivity index (χ4v) is 1.74. The van der Waals surface area contributed by atoms with Gasteiger partial charge in [0.05, 0.1) is 6.10 Å². The molecule has 0 saturated carbocycles. The number of likely N-dealkylation sites (N-methyl/N-ethyl adjacent to an activating group) is 1. The van der Waals surface area contributed by atoms with Crippen LogP contribution in [-0.4, -0.2) is 49.8 Å². The van der Waals surface area contributed by atoms with Crippen LogP contribution in [0, 0.1) is 0 Å². The predicted octanol–water partition coefficient (Wildman–Crippen LogP) is 1.48. The summed E-state index contributed by atoms with van der Waals surface area (Å²) in [5, 5.41) is 3.65. The van der Waals surface area contributed by atoms with Crippen LogP contribution in [0.4, 0.5) is 0 Å². The molecule has 1 saturated heterocycles. The largest absolute Gasteiger partial charge is 0.378 e. The summed E-state index contributed by atoms with van der Waals surface area (Å²) < 4.78 is 5.54. The second-order valence-electron chi connectivity index (χ2n) is 5.49. The molecule has 90 valence electrons. The highest BCUT2D eigenvalue weighted by Gasteiger charge is 2.24. The molecule has 0 aromatic carbocycles. The Kier molecular flexibility index (Phi) is 4.56. The Bertz CT molecular complexity index is 192.